The number of esters is 2. The smallest absolute Gasteiger partial charge is 0.327 e. The quantitative estimate of drug-likeness (QED) is 0.313. The first-order valence-electron chi connectivity index (χ1n) is 2.23. The van der Waals surface area contributed by atoms with Gasteiger partial charge in [0.2, 0.25) is 0 Å². The zero-order chi connectivity index (χ0) is 5.98. The summed E-state index contributed by atoms with van der Waals surface area (Å²) in [5, 5.41) is 2.56. The predicted octanol–water partition coefficient (Wildman–Crippen LogP) is -1.34. The minimum atomic E-state index is -0.499. The fraction of sp³-hybridized carbons (Fsp3) is 0.500. The van der Waals surface area contributed by atoms with Crippen LogP contribution in [0.4, 0.5) is 0 Å². The van der Waals surface area contributed by atoms with Crippen molar-refractivity contribution in [3.8, 4) is 0 Å². The molecule has 0 bridgehead atoms. The minimum absolute atomic E-state index is 0.145. The van der Waals surface area contributed by atoms with Crippen LogP contribution in [0, 0.1) is 0 Å². The van der Waals surface area contributed by atoms with E-state index in [1.54, 1.807) is 0 Å². The molecule has 1 rings (SSSR count). The zero-order valence-electron chi connectivity index (χ0n) is 4.14. The van der Waals surface area contributed by atoms with Gasteiger partial charge < -0.3 is 4.74 Å². The maximum absolute atomic E-state index is 10.2. The first-order chi connectivity index (χ1) is 3.79. The van der Waals surface area contributed by atoms with E-state index >= 15 is 0 Å². The van der Waals surface area contributed by atoms with Crippen molar-refractivity contribution < 1.29 is 14.3 Å². The van der Waals surface area contributed by atoms with Crippen LogP contribution in [-0.2, 0) is 14.3 Å². The third-order valence-electron chi connectivity index (χ3n) is 0.766. The largest absolute Gasteiger partial charge is 0.391 e. The Labute approximate surface area is 45.8 Å². The molecule has 0 spiro atoms. The molecule has 0 aliphatic carbocycles. The molecule has 0 saturated carbocycles. The average molecular weight is 115 g/mol. The van der Waals surface area contributed by atoms with Gasteiger partial charge in [0.25, 0.3) is 0 Å². The molecule has 1 aliphatic rings. The topological polar surface area (TPSA) is 55.4 Å². The Morgan fingerprint density at radius 1 is 1.25 bits per heavy atom. The summed E-state index contributed by atoms with van der Waals surface area (Å²) in [5.41, 5.74) is 0. The van der Waals surface area contributed by atoms with Crippen molar-refractivity contribution >= 4 is 11.9 Å². The maximum atomic E-state index is 10.2. The van der Waals surface area contributed by atoms with Crippen LogP contribution >= 0.6 is 0 Å². The Bertz CT molecular complexity index is 117. The second-order valence-electron chi connectivity index (χ2n) is 1.45. The number of carbonyl (C=O) groups is 2. The lowest BCUT2D eigenvalue weighted by atomic mass is 10.5. The van der Waals surface area contributed by atoms with Crippen LogP contribution in [0.5, 0.6) is 0 Å². The van der Waals surface area contributed by atoms with Gasteiger partial charge in [0.05, 0.1) is 13.1 Å². The van der Waals surface area contributed by atoms with E-state index in [9.17, 15) is 9.59 Å². The molecule has 0 unspecified atom stereocenters. The van der Waals surface area contributed by atoms with E-state index in [1.165, 1.54) is 0 Å². The Kier molecular flexibility index (Phi) is 1.26. The molecule has 1 N–H and O–H groups in total. The lowest BCUT2D eigenvalue weighted by molar-refractivity contribution is -0.161. The van der Waals surface area contributed by atoms with Gasteiger partial charge in [-0.15, -0.1) is 0 Å². The van der Waals surface area contributed by atoms with Crippen LogP contribution in [0.25, 0.3) is 0 Å². The Morgan fingerprint density at radius 2 is 1.75 bits per heavy atom. The third-order valence-corrected chi connectivity index (χ3v) is 0.766. The number of ether oxygens (including phenoxy) is 1. The molecule has 0 atom stereocenters. The van der Waals surface area contributed by atoms with Crippen molar-refractivity contribution in [3.05, 3.63) is 0 Å². The van der Waals surface area contributed by atoms with Gasteiger partial charge in [-0.3, -0.25) is 14.9 Å². The summed E-state index contributed by atoms with van der Waals surface area (Å²) in [5.74, 6) is -0.998. The van der Waals surface area contributed by atoms with Gasteiger partial charge in [-0.2, -0.15) is 0 Å². The summed E-state index contributed by atoms with van der Waals surface area (Å²) in [6.45, 7) is 0.289. The van der Waals surface area contributed by atoms with Crippen molar-refractivity contribution in [2.45, 2.75) is 0 Å². The number of hydrogen-bond donors (Lipinski definition) is 1. The number of hydrogen-bond acceptors (Lipinski definition) is 4. The second-order valence-corrected chi connectivity index (χ2v) is 1.45. The highest BCUT2D eigenvalue weighted by Crippen LogP contribution is 1.83. The predicted molar refractivity (Wildman–Crippen MR) is 24.0 cm³/mol. The highest BCUT2D eigenvalue weighted by atomic mass is 16.6. The first-order valence-corrected chi connectivity index (χ1v) is 2.23. The van der Waals surface area contributed by atoms with E-state index in [-0.39, 0.29) is 13.1 Å². The summed E-state index contributed by atoms with van der Waals surface area (Å²) in [6.07, 6.45) is 0. The average Bonchev–Trinajstić information content (AvgIpc) is 1.64. The van der Waals surface area contributed by atoms with Gasteiger partial charge >= 0.3 is 11.9 Å². The van der Waals surface area contributed by atoms with Gasteiger partial charge in [0, 0.05) is 0 Å². The van der Waals surface area contributed by atoms with Gasteiger partial charge in [0.15, 0.2) is 0 Å². The molecule has 1 heterocycles. The number of nitrogens with one attached hydrogen (secondary N) is 1. The van der Waals surface area contributed by atoms with Crippen LogP contribution in [-0.4, -0.2) is 25.0 Å². The molecule has 1 fully saturated rings. The molecule has 0 amide bonds. The molecule has 0 aromatic carbocycles. The van der Waals surface area contributed by atoms with Gasteiger partial charge in [-0.1, -0.05) is 0 Å². The fourth-order valence-electron chi connectivity index (χ4n) is 0.466. The van der Waals surface area contributed by atoms with Crippen LogP contribution in [0.2, 0.25) is 0 Å². The Hall–Kier alpha value is -0.900. The maximum Gasteiger partial charge on any atom is 0.327 e. The molecule has 4 heteroatoms. The minimum Gasteiger partial charge on any atom is -0.391 e. The molecule has 0 radical (unpaired) electrons. The summed E-state index contributed by atoms with van der Waals surface area (Å²) in [6, 6.07) is 0. The monoisotopic (exact) mass is 115 g/mol. The van der Waals surface area contributed by atoms with E-state index in [2.05, 4.69) is 10.1 Å². The first kappa shape index (κ1) is 5.24. The molecule has 1 saturated heterocycles. The molecular weight excluding hydrogens is 110 g/mol. The van der Waals surface area contributed by atoms with Crippen molar-refractivity contribution in [2.24, 2.45) is 0 Å². The molecule has 1 aliphatic heterocycles. The summed E-state index contributed by atoms with van der Waals surface area (Å²) in [4.78, 5) is 20.3. The normalized spacial score (nSPS) is 20.5. The highest BCUT2D eigenvalue weighted by molar-refractivity contribution is 5.89. The molecule has 0 aromatic heterocycles. The standard InChI is InChI=1S/C4H5NO3/c6-3-1-5-2-4(7)8-3/h5H,1-2H2. The van der Waals surface area contributed by atoms with Gasteiger partial charge in [-0.25, -0.2) is 0 Å². The second kappa shape index (κ2) is 1.92. The summed E-state index contributed by atoms with van der Waals surface area (Å²) >= 11 is 0. The van der Waals surface area contributed by atoms with Crippen molar-refractivity contribution in [1.82, 2.24) is 5.32 Å². The zero-order valence-corrected chi connectivity index (χ0v) is 4.14. The molecule has 0 aromatic rings. The fourth-order valence-corrected chi connectivity index (χ4v) is 0.466. The van der Waals surface area contributed by atoms with Crippen LogP contribution in [0.3, 0.4) is 0 Å². The number of carbonyl (C=O) groups excluding carboxylic acids is 2. The van der Waals surface area contributed by atoms with E-state index in [0.717, 1.165) is 0 Å². The van der Waals surface area contributed by atoms with Crippen LogP contribution in [0.1, 0.15) is 0 Å². The molecule has 44 valence electrons. The summed E-state index contributed by atoms with van der Waals surface area (Å²) < 4.78 is 4.15. The van der Waals surface area contributed by atoms with Crippen molar-refractivity contribution in [2.75, 3.05) is 13.1 Å². The van der Waals surface area contributed by atoms with E-state index in [0.29, 0.717) is 0 Å². The van der Waals surface area contributed by atoms with E-state index < -0.39 is 11.9 Å². The number of rotatable bonds is 0. The van der Waals surface area contributed by atoms with E-state index in [4.69, 9.17) is 0 Å². The lowest BCUT2D eigenvalue weighted by Gasteiger charge is -2.08. The highest BCUT2D eigenvalue weighted by Gasteiger charge is 2.15. The van der Waals surface area contributed by atoms with Gasteiger partial charge in [0.1, 0.15) is 0 Å². The Balaban J connectivity index is 2.45. The van der Waals surface area contributed by atoms with Gasteiger partial charge in [-0.05, 0) is 0 Å². The molecular formula is C4H5NO3. The molecule has 4 nitrogen and oxygen atoms in total. The number of morpholine rings is 1. The lowest BCUT2D eigenvalue weighted by Crippen LogP contribution is -2.38. The summed E-state index contributed by atoms with van der Waals surface area (Å²) in [7, 11) is 0. The van der Waals surface area contributed by atoms with Crippen LogP contribution in [0.15, 0.2) is 0 Å². The number of cyclic esters (lactones) is 2. The Morgan fingerprint density at radius 3 is 2.00 bits per heavy atom. The third kappa shape index (κ3) is 1.04. The van der Waals surface area contributed by atoms with Crippen molar-refractivity contribution in [3.63, 3.8) is 0 Å². The van der Waals surface area contributed by atoms with Crippen molar-refractivity contribution in [1.29, 1.82) is 0 Å². The SMILES string of the molecule is O=C1CNCC(=O)O1. The van der Waals surface area contributed by atoms with Crippen LogP contribution < -0.4 is 5.32 Å². The van der Waals surface area contributed by atoms with E-state index in [1.807, 2.05) is 0 Å². The molecule has 8 heavy (non-hydrogen) atoms.